The maximum absolute atomic E-state index is 6.62. The van der Waals surface area contributed by atoms with Crippen molar-refractivity contribution in [3.05, 3.63) is 206 Å². The minimum absolute atomic E-state index is 0.504. The molecule has 0 aliphatic heterocycles. The Morgan fingerprint density at radius 3 is 1.48 bits per heavy atom. The summed E-state index contributed by atoms with van der Waals surface area (Å²) in [5.41, 5.74) is 11.8. The molecule has 0 radical (unpaired) electrons. The molecular weight excluding hydrogens is 785 g/mol. The highest BCUT2D eigenvalue weighted by Crippen LogP contribution is 2.44. The van der Waals surface area contributed by atoms with Gasteiger partial charge in [0, 0.05) is 48.7 Å². The molecule has 14 aromatic rings. The molecular formula is C57H34N6O. The molecule has 298 valence electrons. The number of para-hydroxylation sites is 7. The van der Waals surface area contributed by atoms with E-state index in [4.69, 9.17) is 19.4 Å². The zero-order valence-corrected chi connectivity index (χ0v) is 34.2. The number of nitrogens with zero attached hydrogens (tertiary/aromatic N) is 6. The summed E-state index contributed by atoms with van der Waals surface area (Å²) in [7, 11) is 0. The third kappa shape index (κ3) is 4.89. The molecule has 14 rings (SSSR count). The molecule has 0 spiro atoms. The van der Waals surface area contributed by atoms with Crippen LogP contribution in [0.5, 0.6) is 0 Å². The van der Waals surface area contributed by atoms with Crippen molar-refractivity contribution in [2.75, 3.05) is 0 Å². The Labute approximate surface area is 365 Å². The second kappa shape index (κ2) is 13.3. The fraction of sp³-hybridized carbons (Fsp3) is 0. The zero-order valence-electron chi connectivity index (χ0n) is 34.2. The fourth-order valence-corrected chi connectivity index (χ4v) is 10.2. The maximum atomic E-state index is 6.62. The molecule has 0 unspecified atom stereocenters. The van der Waals surface area contributed by atoms with Crippen LogP contribution in [-0.4, -0.2) is 28.7 Å². The van der Waals surface area contributed by atoms with E-state index in [1.807, 2.05) is 42.5 Å². The summed E-state index contributed by atoms with van der Waals surface area (Å²) in [6.07, 6.45) is 0. The van der Waals surface area contributed by atoms with Crippen LogP contribution in [0.4, 0.5) is 0 Å². The molecule has 0 N–H and O–H groups in total. The standard InChI is InChI=1S/C57H34N6O/c1-2-17-35(18-3-1)55-58-56(43-26-14-24-41-40-23-8-13-34-51(40)64-54(41)43)60-57(59-55)63-49-32-16-31-48(61-44-27-9-4-19-36(44)37-20-5-10-28-45(37)61)52(49)42-25-15-33-50(53(42)63)62-46-29-11-6-21-38(46)39-22-7-12-30-47(39)62/h1-34H. The van der Waals surface area contributed by atoms with Crippen LogP contribution in [0, 0.1) is 0 Å². The number of furan rings is 1. The first-order valence-corrected chi connectivity index (χ1v) is 21.5. The van der Waals surface area contributed by atoms with E-state index in [2.05, 4.69) is 177 Å². The molecule has 0 aliphatic carbocycles. The van der Waals surface area contributed by atoms with Gasteiger partial charge in [-0.1, -0.05) is 152 Å². The van der Waals surface area contributed by atoms with Crippen molar-refractivity contribution in [2.24, 2.45) is 0 Å². The number of hydrogen-bond acceptors (Lipinski definition) is 4. The number of benzene rings is 9. The highest BCUT2D eigenvalue weighted by Gasteiger charge is 2.26. The van der Waals surface area contributed by atoms with Crippen molar-refractivity contribution >= 4 is 87.4 Å². The lowest BCUT2D eigenvalue weighted by Crippen LogP contribution is -2.08. The first-order valence-electron chi connectivity index (χ1n) is 21.5. The van der Waals surface area contributed by atoms with Gasteiger partial charge in [0.05, 0.1) is 50.0 Å². The molecule has 5 heterocycles. The highest BCUT2D eigenvalue weighted by molar-refractivity contribution is 6.19. The molecule has 0 amide bonds. The van der Waals surface area contributed by atoms with E-state index in [0.717, 1.165) is 88.3 Å². The Morgan fingerprint density at radius 2 is 0.812 bits per heavy atom. The molecule has 0 bridgehead atoms. The van der Waals surface area contributed by atoms with E-state index in [-0.39, 0.29) is 0 Å². The monoisotopic (exact) mass is 818 g/mol. The fourth-order valence-electron chi connectivity index (χ4n) is 10.2. The number of rotatable bonds is 5. The van der Waals surface area contributed by atoms with E-state index in [1.54, 1.807) is 0 Å². The molecule has 9 aromatic carbocycles. The first kappa shape index (κ1) is 34.9. The van der Waals surface area contributed by atoms with Crippen molar-refractivity contribution in [2.45, 2.75) is 0 Å². The van der Waals surface area contributed by atoms with E-state index in [0.29, 0.717) is 17.6 Å². The molecule has 5 aromatic heterocycles. The lowest BCUT2D eigenvalue weighted by Gasteiger charge is -2.14. The largest absolute Gasteiger partial charge is 0.455 e. The summed E-state index contributed by atoms with van der Waals surface area (Å²) in [5.74, 6) is 1.59. The predicted molar refractivity (Wildman–Crippen MR) is 261 cm³/mol. The summed E-state index contributed by atoms with van der Waals surface area (Å²) in [5, 5.41) is 9.03. The molecule has 7 nitrogen and oxygen atoms in total. The molecule has 7 heteroatoms. The molecule has 64 heavy (non-hydrogen) atoms. The molecule has 0 fully saturated rings. The number of fused-ring (bicyclic) bond motifs is 12. The number of aromatic nitrogens is 6. The van der Waals surface area contributed by atoms with Gasteiger partial charge in [0.25, 0.3) is 0 Å². The van der Waals surface area contributed by atoms with Crippen LogP contribution in [0.15, 0.2) is 211 Å². The quantitative estimate of drug-likeness (QED) is 0.173. The lowest BCUT2D eigenvalue weighted by molar-refractivity contribution is 0.669. The van der Waals surface area contributed by atoms with Gasteiger partial charge in [-0.25, -0.2) is 4.98 Å². The Kier molecular flexibility index (Phi) is 7.27. The van der Waals surface area contributed by atoms with Gasteiger partial charge in [-0.2, -0.15) is 9.97 Å². The number of hydrogen-bond donors (Lipinski definition) is 0. The van der Waals surface area contributed by atoms with E-state index >= 15 is 0 Å². The minimum atomic E-state index is 0.504. The molecule has 0 aliphatic rings. The minimum Gasteiger partial charge on any atom is -0.455 e. The second-order valence-electron chi connectivity index (χ2n) is 16.3. The molecule has 0 saturated carbocycles. The SMILES string of the molecule is c1ccc(-c2nc(-c3cccc4c3oc3ccccc34)nc(-n3c4cccc(-n5c6ccccc6c6ccccc65)c4c4cccc(-n5c6ccccc6c6ccccc65)c43)n2)cc1. The van der Waals surface area contributed by atoms with E-state index in [9.17, 15) is 0 Å². The van der Waals surface area contributed by atoms with Crippen LogP contribution in [0.3, 0.4) is 0 Å². The van der Waals surface area contributed by atoms with Crippen LogP contribution >= 0.6 is 0 Å². The maximum Gasteiger partial charge on any atom is 0.238 e. The van der Waals surface area contributed by atoms with Crippen molar-refractivity contribution in [1.29, 1.82) is 0 Å². The van der Waals surface area contributed by atoms with Crippen molar-refractivity contribution in [3.8, 4) is 40.1 Å². The van der Waals surface area contributed by atoms with Gasteiger partial charge in [-0.15, -0.1) is 0 Å². The Hall–Kier alpha value is -8.81. The van der Waals surface area contributed by atoms with Gasteiger partial charge < -0.3 is 13.6 Å². The second-order valence-corrected chi connectivity index (χ2v) is 16.3. The third-order valence-electron chi connectivity index (χ3n) is 12.9. The Bertz CT molecular complexity index is 4100. The van der Waals surface area contributed by atoms with Gasteiger partial charge in [0.1, 0.15) is 11.2 Å². The average Bonchev–Trinajstić information content (AvgIpc) is 4.11. The summed E-state index contributed by atoms with van der Waals surface area (Å²) >= 11 is 0. The van der Waals surface area contributed by atoms with Crippen molar-refractivity contribution in [3.63, 3.8) is 0 Å². The topological polar surface area (TPSA) is 66.6 Å². The summed E-state index contributed by atoms with van der Waals surface area (Å²) in [6.45, 7) is 0. The summed E-state index contributed by atoms with van der Waals surface area (Å²) in [4.78, 5) is 16.2. The van der Waals surface area contributed by atoms with Gasteiger partial charge in [0.2, 0.25) is 5.95 Å². The zero-order chi connectivity index (χ0) is 41.9. The summed E-state index contributed by atoms with van der Waals surface area (Å²) in [6, 6.07) is 72.5. The lowest BCUT2D eigenvalue weighted by atomic mass is 10.1. The predicted octanol–water partition coefficient (Wildman–Crippen LogP) is 14.4. The first-order chi connectivity index (χ1) is 31.8. The van der Waals surface area contributed by atoms with Crippen LogP contribution in [0.2, 0.25) is 0 Å². The normalized spacial score (nSPS) is 12.1. The van der Waals surface area contributed by atoms with Crippen LogP contribution < -0.4 is 0 Å². The van der Waals surface area contributed by atoms with Gasteiger partial charge >= 0.3 is 0 Å². The van der Waals surface area contributed by atoms with E-state index < -0.39 is 0 Å². The van der Waals surface area contributed by atoms with Crippen molar-refractivity contribution in [1.82, 2.24) is 28.7 Å². The van der Waals surface area contributed by atoms with Gasteiger partial charge in [-0.05, 0) is 54.6 Å². The van der Waals surface area contributed by atoms with Crippen LogP contribution in [-0.2, 0) is 0 Å². The van der Waals surface area contributed by atoms with Crippen LogP contribution in [0.25, 0.3) is 127 Å². The third-order valence-corrected chi connectivity index (χ3v) is 12.9. The smallest absolute Gasteiger partial charge is 0.238 e. The molecule has 0 atom stereocenters. The van der Waals surface area contributed by atoms with E-state index in [1.165, 1.54) is 21.5 Å². The Morgan fingerprint density at radius 1 is 0.328 bits per heavy atom. The molecule has 0 saturated heterocycles. The summed E-state index contributed by atoms with van der Waals surface area (Å²) < 4.78 is 13.7. The van der Waals surface area contributed by atoms with Gasteiger partial charge in [-0.3, -0.25) is 4.57 Å². The van der Waals surface area contributed by atoms with Crippen LogP contribution in [0.1, 0.15) is 0 Å². The average molecular weight is 819 g/mol. The Balaban J connectivity index is 1.16. The van der Waals surface area contributed by atoms with Crippen molar-refractivity contribution < 1.29 is 4.42 Å². The highest BCUT2D eigenvalue weighted by atomic mass is 16.3. The van der Waals surface area contributed by atoms with Gasteiger partial charge in [0.15, 0.2) is 11.6 Å².